The third kappa shape index (κ3) is 5.55. The van der Waals surface area contributed by atoms with Crippen molar-refractivity contribution in [3.8, 4) is 0 Å². The molecule has 0 aromatic heterocycles. The molecule has 0 bridgehead atoms. The van der Waals surface area contributed by atoms with Gasteiger partial charge in [-0.3, -0.25) is 4.99 Å². The van der Waals surface area contributed by atoms with E-state index in [1.165, 1.54) is 24.3 Å². The summed E-state index contributed by atoms with van der Waals surface area (Å²) in [5, 5.41) is 0. The number of piperazine rings is 1. The summed E-state index contributed by atoms with van der Waals surface area (Å²) in [4.78, 5) is 8.66. The molecule has 0 radical (unpaired) electrons. The van der Waals surface area contributed by atoms with Crippen LogP contribution in [0, 0.1) is 11.6 Å². The maximum absolute atomic E-state index is 13.1. The second-order valence-corrected chi connectivity index (χ2v) is 6.07. The van der Waals surface area contributed by atoms with Crippen molar-refractivity contribution in [1.82, 2.24) is 4.90 Å². The molecule has 0 aliphatic carbocycles. The molecule has 1 heterocycles. The zero-order chi connectivity index (χ0) is 17.6. The third-order valence-electron chi connectivity index (χ3n) is 4.36. The lowest BCUT2D eigenvalue weighted by Gasteiger charge is -2.36. The van der Waals surface area contributed by atoms with Gasteiger partial charge >= 0.3 is 0 Å². The highest BCUT2D eigenvalue weighted by Crippen LogP contribution is 2.16. The molecule has 2 aromatic rings. The van der Waals surface area contributed by atoms with Gasteiger partial charge in [0.25, 0.3) is 0 Å². The molecule has 0 saturated carbocycles. The molecule has 0 atom stereocenters. The van der Waals surface area contributed by atoms with Crippen LogP contribution in [0.5, 0.6) is 0 Å². The number of nitrogens with two attached hydrogens (primary N) is 1. The fourth-order valence-electron chi connectivity index (χ4n) is 2.94. The number of hydrogen-bond acceptors (Lipinski definition) is 2. The number of halogens is 3. The molecule has 1 aliphatic heterocycles. The Labute approximate surface area is 169 Å². The Morgan fingerprint density at radius 2 is 1.65 bits per heavy atom. The van der Waals surface area contributed by atoms with Gasteiger partial charge in [0.15, 0.2) is 5.96 Å². The molecule has 3 rings (SSSR count). The van der Waals surface area contributed by atoms with Gasteiger partial charge in [0.2, 0.25) is 0 Å². The van der Waals surface area contributed by atoms with Gasteiger partial charge in [0.1, 0.15) is 11.6 Å². The number of nitrogens with zero attached hydrogens (tertiary/aromatic N) is 3. The Morgan fingerprint density at radius 3 is 2.31 bits per heavy atom. The van der Waals surface area contributed by atoms with Crippen LogP contribution in [0.4, 0.5) is 14.5 Å². The maximum Gasteiger partial charge on any atom is 0.191 e. The summed E-state index contributed by atoms with van der Waals surface area (Å²) in [5.41, 5.74) is 8.01. The van der Waals surface area contributed by atoms with Crippen molar-refractivity contribution >= 4 is 35.6 Å². The first-order chi connectivity index (χ1) is 12.1. The van der Waals surface area contributed by atoms with E-state index in [0.29, 0.717) is 18.9 Å². The second-order valence-electron chi connectivity index (χ2n) is 6.07. The molecular weight excluding hydrogens is 449 g/mol. The first kappa shape index (κ1) is 20.4. The smallest absolute Gasteiger partial charge is 0.191 e. The van der Waals surface area contributed by atoms with Gasteiger partial charge in [-0.25, -0.2) is 8.78 Å². The van der Waals surface area contributed by atoms with E-state index in [2.05, 4.69) is 9.89 Å². The van der Waals surface area contributed by atoms with Crippen LogP contribution in [-0.4, -0.2) is 43.6 Å². The number of benzene rings is 2. The lowest BCUT2D eigenvalue weighted by atomic mass is 10.1. The molecule has 140 valence electrons. The fourth-order valence-corrected chi connectivity index (χ4v) is 2.94. The lowest BCUT2D eigenvalue weighted by molar-refractivity contribution is 0.381. The molecule has 0 spiro atoms. The fraction of sp³-hybridized carbons (Fsp3) is 0.316. The number of hydrogen-bond donors (Lipinski definition) is 1. The molecular formula is C19H23F2IN4. The predicted molar refractivity (Wildman–Crippen MR) is 112 cm³/mol. The molecule has 0 amide bonds. The van der Waals surface area contributed by atoms with E-state index in [1.807, 2.05) is 11.0 Å². The summed E-state index contributed by atoms with van der Waals surface area (Å²) < 4.78 is 26.2. The summed E-state index contributed by atoms with van der Waals surface area (Å²) in [7, 11) is 0. The topological polar surface area (TPSA) is 44.9 Å². The standard InChI is InChI=1S/C19H22F2N4.HI/c20-16-4-6-18(7-5-16)24-10-12-25(13-11-24)19(22)23-9-8-15-2-1-3-17(21)14-15;/h1-7,14H,8-13H2,(H2,22,23);1H. The average molecular weight is 472 g/mol. The van der Waals surface area contributed by atoms with Crippen LogP contribution in [0.2, 0.25) is 0 Å². The highest BCUT2D eigenvalue weighted by molar-refractivity contribution is 14.0. The van der Waals surface area contributed by atoms with E-state index >= 15 is 0 Å². The summed E-state index contributed by atoms with van der Waals surface area (Å²) in [6.45, 7) is 3.70. The SMILES string of the molecule is I.NC(=NCCc1cccc(F)c1)N1CCN(c2ccc(F)cc2)CC1. The molecule has 0 unspecified atom stereocenters. The van der Waals surface area contributed by atoms with Gasteiger partial charge in [0, 0.05) is 38.4 Å². The third-order valence-corrected chi connectivity index (χ3v) is 4.36. The van der Waals surface area contributed by atoms with Crippen LogP contribution in [0.15, 0.2) is 53.5 Å². The minimum atomic E-state index is -0.230. The van der Waals surface area contributed by atoms with Crippen molar-refractivity contribution in [2.24, 2.45) is 10.7 Å². The minimum absolute atomic E-state index is 0. The van der Waals surface area contributed by atoms with E-state index in [4.69, 9.17) is 5.73 Å². The Hall–Kier alpha value is -1.90. The number of aliphatic imine (C=N–C) groups is 1. The molecule has 1 saturated heterocycles. The predicted octanol–water partition coefficient (Wildman–Crippen LogP) is 3.26. The van der Waals surface area contributed by atoms with E-state index < -0.39 is 0 Å². The van der Waals surface area contributed by atoms with E-state index in [9.17, 15) is 8.78 Å². The molecule has 1 fully saturated rings. The summed E-state index contributed by atoms with van der Waals surface area (Å²) in [5.74, 6) is 0.0681. The highest BCUT2D eigenvalue weighted by atomic mass is 127. The summed E-state index contributed by atoms with van der Waals surface area (Å²) in [6, 6.07) is 13.1. The number of rotatable bonds is 4. The van der Waals surface area contributed by atoms with Gasteiger partial charge in [-0.2, -0.15) is 0 Å². The zero-order valence-corrected chi connectivity index (χ0v) is 16.8. The molecule has 26 heavy (non-hydrogen) atoms. The van der Waals surface area contributed by atoms with Crippen LogP contribution >= 0.6 is 24.0 Å². The number of guanidine groups is 1. The quantitative estimate of drug-likeness (QED) is 0.422. The Balaban J connectivity index is 0.00000243. The van der Waals surface area contributed by atoms with Crippen molar-refractivity contribution < 1.29 is 8.78 Å². The summed E-state index contributed by atoms with van der Waals surface area (Å²) >= 11 is 0. The Kier molecular flexibility index (Phi) is 7.62. The van der Waals surface area contributed by atoms with Crippen molar-refractivity contribution in [2.75, 3.05) is 37.6 Å². The normalized spacial score (nSPS) is 14.9. The van der Waals surface area contributed by atoms with Crippen molar-refractivity contribution in [3.05, 3.63) is 65.7 Å². The van der Waals surface area contributed by atoms with Crippen LogP contribution in [0.1, 0.15) is 5.56 Å². The monoisotopic (exact) mass is 472 g/mol. The van der Waals surface area contributed by atoms with Crippen LogP contribution in [0.25, 0.3) is 0 Å². The summed E-state index contributed by atoms with van der Waals surface area (Å²) in [6.07, 6.45) is 0.661. The minimum Gasteiger partial charge on any atom is -0.370 e. The van der Waals surface area contributed by atoms with Gasteiger partial charge in [-0.05, 0) is 48.4 Å². The van der Waals surface area contributed by atoms with Crippen molar-refractivity contribution in [3.63, 3.8) is 0 Å². The van der Waals surface area contributed by atoms with Crippen LogP contribution in [0.3, 0.4) is 0 Å². The molecule has 2 aromatic carbocycles. The van der Waals surface area contributed by atoms with Gasteiger partial charge in [-0.15, -0.1) is 24.0 Å². The van der Waals surface area contributed by atoms with Crippen LogP contribution in [-0.2, 0) is 6.42 Å². The van der Waals surface area contributed by atoms with E-state index in [1.54, 1.807) is 18.2 Å². The molecule has 7 heteroatoms. The molecule has 4 nitrogen and oxygen atoms in total. The van der Waals surface area contributed by atoms with E-state index in [-0.39, 0.29) is 35.6 Å². The van der Waals surface area contributed by atoms with E-state index in [0.717, 1.165) is 37.4 Å². The Bertz CT molecular complexity index is 729. The first-order valence-corrected chi connectivity index (χ1v) is 8.41. The average Bonchev–Trinajstić information content (AvgIpc) is 2.62. The zero-order valence-electron chi connectivity index (χ0n) is 14.4. The second kappa shape index (κ2) is 9.70. The van der Waals surface area contributed by atoms with Crippen LogP contribution < -0.4 is 10.6 Å². The molecule has 2 N–H and O–H groups in total. The lowest BCUT2D eigenvalue weighted by Crippen LogP contribution is -2.51. The van der Waals surface area contributed by atoms with Gasteiger partial charge < -0.3 is 15.5 Å². The van der Waals surface area contributed by atoms with Gasteiger partial charge in [-0.1, -0.05) is 12.1 Å². The van der Waals surface area contributed by atoms with Crippen molar-refractivity contribution in [2.45, 2.75) is 6.42 Å². The maximum atomic E-state index is 13.1. The Morgan fingerprint density at radius 1 is 0.962 bits per heavy atom. The molecule has 1 aliphatic rings. The van der Waals surface area contributed by atoms with Gasteiger partial charge in [0.05, 0.1) is 0 Å². The largest absolute Gasteiger partial charge is 0.370 e. The first-order valence-electron chi connectivity index (χ1n) is 8.41. The highest BCUT2D eigenvalue weighted by Gasteiger charge is 2.18. The van der Waals surface area contributed by atoms with Crippen molar-refractivity contribution in [1.29, 1.82) is 0 Å². The number of anilines is 1.